The third-order valence-electron chi connectivity index (χ3n) is 5.95. The van der Waals surface area contributed by atoms with E-state index in [0.29, 0.717) is 37.2 Å². The maximum atomic E-state index is 13.1. The number of carbonyl (C=O) groups is 3. The van der Waals surface area contributed by atoms with Crippen LogP contribution in [0.25, 0.3) is 0 Å². The Balaban J connectivity index is 1.69. The van der Waals surface area contributed by atoms with Gasteiger partial charge in [0, 0.05) is 24.7 Å². The van der Waals surface area contributed by atoms with Gasteiger partial charge in [-0.15, -0.1) is 11.3 Å². The first-order valence-electron chi connectivity index (χ1n) is 11.0. The molecule has 172 valence electrons. The van der Waals surface area contributed by atoms with Crippen LogP contribution < -0.4 is 15.4 Å². The number of hydrogen-bond acceptors (Lipinski definition) is 5. The van der Waals surface area contributed by atoms with Crippen molar-refractivity contribution in [1.82, 2.24) is 15.5 Å². The number of benzene rings is 1. The smallest absolute Gasteiger partial charge is 0.263 e. The third kappa shape index (κ3) is 5.88. The molecule has 3 amide bonds. The van der Waals surface area contributed by atoms with Crippen LogP contribution in [0.2, 0.25) is 0 Å². The summed E-state index contributed by atoms with van der Waals surface area (Å²) in [6.07, 6.45) is 2.11. The van der Waals surface area contributed by atoms with Gasteiger partial charge in [-0.3, -0.25) is 14.4 Å². The molecule has 2 aromatic rings. The quantitative estimate of drug-likeness (QED) is 0.637. The monoisotopic (exact) mass is 457 g/mol. The molecule has 1 aromatic carbocycles. The van der Waals surface area contributed by atoms with E-state index in [-0.39, 0.29) is 29.7 Å². The average Bonchev–Trinajstić information content (AvgIpc) is 3.37. The van der Waals surface area contributed by atoms with Crippen molar-refractivity contribution >= 4 is 29.1 Å². The Kier molecular flexibility index (Phi) is 8.27. The lowest BCUT2D eigenvalue weighted by Gasteiger charge is -2.36. The largest absolute Gasteiger partial charge is 0.497 e. The minimum atomic E-state index is -0.655. The first-order chi connectivity index (χ1) is 15.4. The second kappa shape index (κ2) is 11.1. The maximum Gasteiger partial charge on any atom is 0.263 e. The van der Waals surface area contributed by atoms with Crippen LogP contribution in [-0.4, -0.2) is 54.9 Å². The average molecular weight is 458 g/mol. The summed E-state index contributed by atoms with van der Waals surface area (Å²) in [7, 11) is 1.57. The molecular weight excluding hydrogens is 426 g/mol. The van der Waals surface area contributed by atoms with E-state index >= 15 is 0 Å². The van der Waals surface area contributed by atoms with E-state index in [1.165, 1.54) is 11.3 Å². The summed E-state index contributed by atoms with van der Waals surface area (Å²) in [5.41, 5.74) is 0.470. The normalized spacial score (nSPS) is 16.2. The van der Waals surface area contributed by atoms with Gasteiger partial charge in [0.1, 0.15) is 11.8 Å². The summed E-state index contributed by atoms with van der Waals surface area (Å²) in [6, 6.07) is 9.86. The zero-order valence-electron chi connectivity index (χ0n) is 18.8. The number of rotatable bonds is 8. The van der Waals surface area contributed by atoms with E-state index < -0.39 is 6.04 Å². The van der Waals surface area contributed by atoms with E-state index in [4.69, 9.17) is 4.74 Å². The van der Waals surface area contributed by atoms with Crippen molar-refractivity contribution in [2.75, 3.05) is 20.2 Å². The molecule has 7 nitrogen and oxygen atoms in total. The third-order valence-corrected chi connectivity index (χ3v) is 6.81. The number of methoxy groups -OCH3 is 1. The van der Waals surface area contributed by atoms with Crippen molar-refractivity contribution in [3.8, 4) is 5.75 Å². The number of nitrogens with zero attached hydrogens (tertiary/aromatic N) is 1. The van der Waals surface area contributed by atoms with Crippen molar-refractivity contribution in [3.63, 3.8) is 0 Å². The summed E-state index contributed by atoms with van der Waals surface area (Å²) in [6.45, 7) is 5.08. The number of nitrogens with one attached hydrogen (secondary N) is 2. The van der Waals surface area contributed by atoms with Gasteiger partial charge in [-0.1, -0.05) is 13.0 Å². The maximum absolute atomic E-state index is 13.1. The zero-order valence-corrected chi connectivity index (χ0v) is 19.6. The first kappa shape index (κ1) is 23.8. The number of amides is 3. The first-order valence-corrected chi connectivity index (χ1v) is 11.9. The molecule has 0 unspecified atom stereocenters. The number of piperidine rings is 1. The molecule has 1 saturated heterocycles. The molecule has 0 bridgehead atoms. The van der Waals surface area contributed by atoms with Crippen molar-refractivity contribution in [2.24, 2.45) is 5.92 Å². The zero-order chi connectivity index (χ0) is 23.1. The molecule has 3 rings (SSSR count). The molecule has 1 aliphatic heterocycles. The lowest BCUT2D eigenvalue weighted by atomic mass is 9.88. The molecule has 1 fully saturated rings. The van der Waals surface area contributed by atoms with Crippen LogP contribution in [0.1, 0.15) is 53.1 Å². The second-order valence-electron chi connectivity index (χ2n) is 8.10. The Morgan fingerprint density at radius 1 is 1.12 bits per heavy atom. The van der Waals surface area contributed by atoms with Crippen LogP contribution in [0.3, 0.4) is 0 Å². The summed E-state index contributed by atoms with van der Waals surface area (Å²) >= 11 is 1.43. The number of thiophene rings is 1. The second-order valence-corrected chi connectivity index (χ2v) is 9.05. The number of hydrogen-bond donors (Lipinski definition) is 2. The molecule has 0 spiro atoms. The molecule has 2 heterocycles. The Hall–Kier alpha value is -2.87. The lowest BCUT2D eigenvalue weighted by molar-refractivity contribution is -0.125. The van der Waals surface area contributed by atoms with Crippen LogP contribution in [-0.2, 0) is 4.79 Å². The number of carbonyl (C=O) groups excluding carboxylic acids is 3. The highest BCUT2D eigenvalue weighted by Crippen LogP contribution is 2.24. The van der Waals surface area contributed by atoms with Gasteiger partial charge >= 0.3 is 0 Å². The molecule has 0 saturated carbocycles. The molecule has 1 aromatic heterocycles. The Morgan fingerprint density at radius 2 is 1.81 bits per heavy atom. The molecule has 0 aliphatic carbocycles. The molecule has 0 radical (unpaired) electrons. The topological polar surface area (TPSA) is 87.7 Å². The van der Waals surface area contributed by atoms with E-state index in [0.717, 1.165) is 11.3 Å². The molecule has 32 heavy (non-hydrogen) atoms. The SMILES string of the molecule is CC[C@H](C)NC(=O)[C@H](NC(=O)c1ccc(OC)cc1)C1CCN(C(=O)c2cccs2)CC1. The van der Waals surface area contributed by atoms with Crippen molar-refractivity contribution < 1.29 is 19.1 Å². The van der Waals surface area contributed by atoms with Crippen molar-refractivity contribution in [2.45, 2.75) is 45.2 Å². The summed E-state index contributed by atoms with van der Waals surface area (Å²) < 4.78 is 5.15. The van der Waals surface area contributed by atoms with Crippen LogP contribution >= 0.6 is 11.3 Å². The Morgan fingerprint density at radius 3 is 2.38 bits per heavy atom. The molecule has 1 aliphatic rings. The summed E-state index contributed by atoms with van der Waals surface area (Å²) in [5, 5.41) is 7.85. The minimum Gasteiger partial charge on any atom is -0.497 e. The molecule has 2 N–H and O–H groups in total. The number of ether oxygens (including phenoxy) is 1. The molecule has 8 heteroatoms. The fourth-order valence-corrected chi connectivity index (χ4v) is 4.48. The van der Waals surface area contributed by atoms with E-state index in [2.05, 4.69) is 10.6 Å². The minimum absolute atomic E-state index is 0.0170. The predicted molar refractivity (Wildman–Crippen MR) is 125 cm³/mol. The highest BCUT2D eigenvalue weighted by atomic mass is 32.1. The van der Waals surface area contributed by atoms with Gasteiger partial charge in [0.25, 0.3) is 11.8 Å². The van der Waals surface area contributed by atoms with Gasteiger partial charge in [0.05, 0.1) is 12.0 Å². The standard InChI is InChI=1S/C24H31N3O4S/c1-4-16(2)25-23(29)21(26-22(28)18-7-9-19(31-3)10-8-18)17-11-13-27(14-12-17)24(30)20-6-5-15-32-20/h5-10,15-17,21H,4,11-14H2,1-3H3,(H,25,29)(H,26,28)/t16-,21+/m0/s1. The predicted octanol–water partition coefficient (Wildman–Crippen LogP) is 3.32. The van der Waals surface area contributed by atoms with Gasteiger partial charge < -0.3 is 20.3 Å². The highest BCUT2D eigenvalue weighted by molar-refractivity contribution is 7.12. The van der Waals surface area contributed by atoms with E-state index in [1.54, 1.807) is 31.4 Å². The van der Waals surface area contributed by atoms with E-state index in [9.17, 15) is 14.4 Å². The van der Waals surface area contributed by atoms with E-state index in [1.807, 2.05) is 36.3 Å². The highest BCUT2D eigenvalue weighted by Gasteiger charge is 2.34. The fraction of sp³-hybridized carbons (Fsp3) is 0.458. The van der Waals surface area contributed by atoms with Gasteiger partial charge in [-0.05, 0) is 67.8 Å². The summed E-state index contributed by atoms with van der Waals surface area (Å²) in [4.78, 5) is 41.1. The molecule has 2 atom stereocenters. The van der Waals surface area contributed by atoms with Crippen molar-refractivity contribution in [3.05, 3.63) is 52.2 Å². The van der Waals surface area contributed by atoms with Gasteiger partial charge in [-0.2, -0.15) is 0 Å². The Labute approximate surface area is 193 Å². The van der Waals surface area contributed by atoms with Crippen LogP contribution in [0.15, 0.2) is 41.8 Å². The van der Waals surface area contributed by atoms with Crippen LogP contribution in [0, 0.1) is 5.92 Å². The van der Waals surface area contributed by atoms with Crippen LogP contribution in [0.4, 0.5) is 0 Å². The lowest BCUT2D eigenvalue weighted by Crippen LogP contribution is -2.55. The molecular formula is C24H31N3O4S. The van der Waals surface area contributed by atoms with Gasteiger partial charge in [-0.25, -0.2) is 0 Å². The van der Waals surface area contributed by atoms with Gasteiger partial charge in [0.2, 0.25) is 5.91 Å². The number of likely N-dealkylation sites (tertiary alicyclic amines) is 1. The Bertz CT molecular complexity index is 906. The van der Waals surface area contributed by atoms with Crippen molar-refractivity contribution in [1.29, 1.82) is 0 Å². The van der Waals surface area contributed by atoms with Crippen LogP contribution in [0.5, 0.6) is 5.75 Å². The fourth-order valence-electron chi connectivity index (χ4n) is 3.79. The summed E-state index contributed by atoms with van der Waals surface area (Å²) in [5.74, 6) is 0.170. The van der Waals surface area contributed by atoms with Gasteiger partial charge in [0.15, 0.2) is 0 Å².